The van der Waals surface area contributed by atoms with Crippen LogP contribution in [-0.4, -0.2) is 17.1 Å². The molecule has 1 aromatic heterocycles. The van der Waals surface area contributed by atoms with Crippen molar-refractivity contribution in [1.82, 2.24) is 9.97 Å². The van der Waals surface area contributed by atoms with Gasteiger partial charge < -0.3 is 15.5 Å². The largest absolute Gasteiger partial charge is 0.496 e. The molecule has 0 saturated carbocycles. The van der Waals surface area contributed by atoms with Gasteiger partial charge in [0, 0.05) is 11.6 Å². The smallest absolute Gasteiger partial charge is 0.347 e. The van der Waals surface area contributed by atoms with E-state index in [1.807, 2.05) is 25.1 Å². The van der Waals surface area contributed by atoms with Crippen LogP contribution in [0, 0.1) is 6.92 Å². The molecule has 2 rings (SSSR count). The lowest BCUT2D eigenvalue weighted by molar-refractivity contribution is 0.416. The molecular weight excluding hydrogens is 218 g/mol. The van der Waals surface area contributed by atoms with Crippen LogP contribution < -0.4 is 16.2 Å². The fraction of sp³-hybridized carbons (Fsp3) is 0.167. The molecule has 5 heteroatoms. The maximum absolute atomic E-state index is 11.3. The second-order valence-electron chi connectivity index (χ2n) is 3.73. The summed E-state index contributed by atoms with van der Waals surface area (Å²) in [4.78, 5) is 17.5. The van der Waals surface area contributed by atoms with E-state index in [-0.39, 0.29) is 5.82 Å². The third-order valence-electron chi connectivity index (χ3n) is 2.41. The fourth-order valence-electron chi connectivity index (χ4n) is 1.65. The molecule has 0 amide bonds. The molecule has 0 bridgehead atoms. The van der Waals surface area contributed by atoms with Gasteiger partial charge in [-0.2, -0.15) is 4.98 Å². The van der Waals surface area contributed by atoms with Crippen LogP contribution >= 0.6 is 0 Å². The molecule has 0 aliphatic carbocycles. The number of hydrogen-bond donors (Lipinski definition) is 2. The first-order valence-electron chi connectivity index (χ1n) is 5.12. The van der Waals surface area contributed by atoms with E-state index < -0.39 is 5.69 Å². The zero-order chi connectivity index (χ0) is 12.4. The molecule has 1 aromatic carbocycles. The van der Waals surface area contributed by atoms with Crippen molar-refractivity contribution in [3.05, 3.63) is 40.3 Å². The molecule has 17 heavy (non-hydrogen) atoms. The lowest BCUT2D eigenvalue weighted by Gasteiger charge is -2.09. The number of nitrogens with zero attached hydrogens (tertiary/aromatic N) is 1. The van der Waals surface area contributed by atoms with Crippen molar-refractivity contribution < 1.29 is 4.74 Å². The van der Waals surface area contributed by atoms with Crippen LogP contribution in [-0.2, 0) is 0 Å². The second kappa shape index (κ2) is 4.29. The summed E-state index contributed by atoms with van der Waals surface area (Å²) in [7, 11) is 1.58. The number of anilines is 1. The number of methoxy groups -OCH3 is 1. The number of nitrogen functional groups attached to an aromatic ring is 1. The number of hydrogen-bond acceptors (Lipinski definition) is 4. The Morgan fingerprint density at radius 1 is 1.35 bits per heavy atom. The highest BCUT2D eigenvalue weighted by Crippen LogP contribution is 2.29. The van der Waals surface area contributed by atoms with Crippen molar-refractivity contribution in [3.8, 4) is 17.0 Å². The number of aromatic amines is 1. The monoisotopic (exact) mass is 231 g/mol. The number of aryl methyl sites for hydroxylation is 1. The Labute approximate surface area is 98.3 Å². The van der Waals surface area contributed by atoms with Gasteiger partial charge in [0.15, 0.2) is 0 Å². The summed E-state index contributed by atoms with van der Waals surface area (Å²) in [6.07, 6.45) is 0. The first-order chi connectivity index (χ1) is 8.10. The highest BCUT2D eigenvalue weighted by molar-refractivity contribution is 5.69. The van der Waals surface area contributed by atoms with Gasteiger partial charge in [-0.05, 0) is 19.1 Å². The number of nitrogens with one attached hydrogen (secondary N) is 1. The number of ether oxygens (including phenoxy) is 1. The van der Waals surface area contributed by atoms with E-state index in [2.05, 4.69) is 9.97 Å². The van der Waals surface area contributed by atoms with E-state index in [0.717, 1.165) is 11.1 Å². The molecule has 1 heterocycles. The molecule has 88 valence electrons. The highest BCUT2D eigenvalue weighted by Gasteiger charge is 2.08. The van der Waals surface area contributed by atoms with Gasteiger partial charge in [-0.1, -0.05) is 11.6 Å². The molecule has 0 aliphatic heterocycles. The van der Waals surface area contributed by atoms with Crippen LogP contribution in [0.4, 0.5) is 5.82 Å². The molecule has 0 aliphatic rings. The van der Waals surface area contributed by atoms with Crippen LogP contribution in [0.3, 0.4) is 0 Å². The lowest BCUT2D eigenvalue weighted by atomic mass is 10.1. The average Bonchev–Trinajstić information content (AvgIpc) is 2.27. The van der Waals surface area contributed by atoms with Crippen LogP contribution in [0.5, 0.6) is 5.75 Å². The predicted molar refractivity (Wildman–Crippen MR) is 66.0 cm³/mol. The van der Waals surface area contributed by atoms with Gasteiger partial charge in [-0.3, -0.25) is 0 Å². The molecule has 5 nitrogen and oxygen atoms in total. The molecule has 3 N–H and O–H groups in total. The Morgan fingerprint density at radius 3 is 2.76 bits per heavy atom. The van der Waals surface area contributed by atoms with Crippen molar-refractivity contribution in [2.45, 2.75) is 6.92 Å². The minimum Gasteiger partial charge on any atom is -0.496 e. The summed E-state index contributed by atoms with van der Waals surface area (Å²) in [5.41, 5.74) is 7.54. The third-order valence-corrected chi connectivity index (χ3v) is 2.41. The van der Waals surface area contributed by atoms with E-state index in [0.29, 0.717) is 11.4 Å². The third kappa shape index (κ3) is 2.28. The molecular formula is C12H13N3O2. The molecule has 0 atom stereocenters. The average molecular weight is 231 g/mol. The Bertz CT molecular complexity index is 605. The van der Waals surface area contributed by atoms with E-state index in [1.54, 1.807) is 13.2 Å². The number of H-pyrrole nitrogens is 1. The lowest BCUT2D eigenvalue weighted by Crippen LogP contribution is -2.13. The Kier molecular flexibility index (Phi) is 2.82. The SMILES string of the molecule is COc1ccc(C)cc1-c1cc(N)nc(=O)[nH]1. The summed E-state index contributed by atoms with van der Waals surface area (Å²) in [5, 5.41) is 0. The summed E-state index contributed by atoms with van der Waals surface area (Å²) >= 11 is 0. The Morgan fingerprint density at radius 2 is 2.12 bits per heavy atom. The van der Waals surface area contributed by atoms with Crippen molar-refractivity contribution in [3.63, 3.8) is 0 Å². The van der Waals surface area contributed by atoms with E-state index in [9.17, 15) is 4.79 Å². The number of aromatic nitrogens is 2. The van der Waals surface area contributed by atoms with Crippen LogP contribution in [0.15, 0.2) is 29.1 Å². The van der Waals surface area contributed by atoms with Crippen LogP contribution in [0.2, 0.25) is 0 Å². The fourth-order valence-corrected chi connectivity index (χ4v) is 1.65. The number of nitrogens with two attached hydrogens (primary N) is 1. The van der Waals surface area contributed by atoms with Crippen molar-refractivity contribution in [2.24, 2.45) is 0 Å². The summed E-state index contributed by atoms with van der Waals surface area (Å²) in [5.74, 6) is 0.865. The molecule has 0 saturated heterocycles. The predicted octanol–water partition coefficient (Wildman–Crippen LogP) is 1.34. The molecule has 0 fully saturated rings. The van der Waals surface area contributed by atoms with E-state index in [1.165, 1.54) is 0 Å². The molecule has 0 spiro atoms. The quantitative estimate of drug-likeness (QED) is 0.817. The number of rotatable bonds is 2. The van der Waals surface area contributed by atoms with Crippen LogP contribution in [0.25, 0.3) is 11.3 Å². The maximum atomic E-state index is 11.3. The second-order valence-corrected chi connectivity index (χ2v) is 3.73. The van der Waals surface area contributed by atoms with Gasteiger partial charge in [0.1, 0.15) is 11.6 Å². The maximum Gasteiger partial charge on any atom is 0.347 e. The van der Waals surface area contributed by atoms with Gasteiger partial charge >= 0.3 is 5.69 Å². The zero-order valence-corrected chi connectivity index (χ0v) is 9.65. The van der Waals surface area contributed by atoms with Crippen molar-refractivity contribution >= 4 is 5.82 Å². The first-order valence-corrected chi connectivity index (χ1v) is 5.12. The molecule has 2 aromatic rings. The first kappa shape index (κ1) is 11.2. The van der Waals surface area contributed by atoms with Crippen molar-refractivity contribution in [2.75, 3.05) is 12.8 Å². The highest BCUT2D eigenvalue weighted by atomic mass is 16.5. The minimum absolute atomic E-state index is 0.187. The molecule has 0 radical (unpaired) electrons. The topological polar surface area (TPSA) is 81.0 Å². The van der Waals surface area contributed by atoms with Gasteiger partial charge in [0.05, 0.1) is 12.8 Å². The zero-order valence-electron chi connectivity index (χ0n) is 9.65. The standard InChI is InChI=1S/C12H13N3O2/c1-7-3-4-10(17-2)8(5-7)9-6-11(13)15-12(16)14-9/h3-6H,1-2H3,(H3,13,14,15,16). The normalized spacial score (nSPS) is 10.2. The number of benzene rings is 1. The minimum atomic E-state index is -0.469. The van der Waals surface area contributed by atoms with E-state index >= 15 is 0 Å². The summed E-state index contributed by atoms with van der Waals surface area (Å²) in [6, 6.07) is 7.31. The van der Waals surface area contributed by atoms with Gasteiger partial charge in [-0.25, -0.2) is 4.79 Å². The summed E-state index contributed by atoms with van der Waals surface area (Å²) < 4.78 is 5.25. The van der Waals surface area contributed by atoms with Gasteiger partial charge in [0.25, 0.3) is 0 Å². The van der Waals surface area contributed by atoms with Gasteiger partial charge in [-0.15, -0.1) is 0 Å². The summed E-state index contributed by atoms with van der Waals surface area (Å²) in [6.45, 7) is 1.96. The van der Waals surface area contributed by atoms with E-state index in [4.69, 9.17) is 10.5 Å². The van der Waals surface area contributed by atoms with Gasteiger partial charge in [0.2, 0.25) is 0 Å². The van der Waals surface area contributed by atoms with Crippen LogP contribution in [0.1, 0.15) is 5.56 Å². The van der Waals surface area contributed by atoms with Crippen molar-refractivity contribution in [1.29, 1.82) is 0 Å². The molecule has 0 unspecified atom stereocenters. The Hall–Kier alpha value is -2.30. The Balaban J connectivity index is 2.66.